The molecule has 3 aromatic rings. The quantitative estimate of drug-likeness (QED) is 0.491. The number of ketones is 1. The van der Waals surface area contributed by atoms with E-state index in [9.17, 15) is 22.8 Å². The molecule has 2 heterocycles. The lowest BCUT2D eigenvalue weighted by atomic mass is 10.1. The van der Waals surface area contributed by atoms with Gasteiger partial charge < -0.3 is 14.6 Å². The van der Waals surface area contributed by atoms with E-state index in [1.165, 1.54) is 19.1 Å². The van der Waals surface area contributed by atoms with Crippen LogP contribution in [0.1, 0.15) is 46.2 Å². The van der Waals surface area contributed by atoms with E-state index in [1.54, 1.807) is 30.3 Å². The number of Topliss-reactive ketones (excluding diaryl/α,β-unsaturated/α-hetero) is 1. The van der Waals surface area contributed by atoms with E-state index in [0.29, 0.717) is 22.6 Å². The molecule has 0 radical (unpaired) electrons. The first kappa shape index (κ1) is 21.7. The van der Waals surface area contributed by atoms with Crippen molar-refractivity contribution in [1.29, 1.82) is 0 Å². The molecule has 0 atom stereocenters. The van der Waals surface area contributed by atoms with Crippen molar-refractivity contribution in [3.8, 4) is 11.3 Å². The van der Waals surface area contributed by atoms with Gasteiger partial charge in [-0.3, -0.25) is 9.59 Å². The van der Waals surface area contributed by atoms with Crippen molar-refractivity contribution in [1.82, 2.24) is 0 Å². The molecule has 1 aromatic heterocycles. The number of rotatable bonds is 5. The van der Waals surface area contributed by atoms with Crippen molar-refractivity contribution in [2.45, 2.75) is 25.9 Å². The Kier molecular flexibility index (Phi) is 5.78. The number of carbonyl (C=O) groups is 2. The number of amides is 1. The number of anilines is 2. The molecule has 1 N–H and O–H groups in total. The van der Waals surface area contributed by atoms with Gasteiger partial charge in [-0.1, -0.05) is 24.3 Å². The van der Waals surface area contributed by atoms with Gasteiger partial charge in [0, 0.05) is 24.2 Å². The summed E-state index contributed by atoms with van der Waals surface area (Å²) < 4.78 is 45.4. The molecule has 0 saturated carbocycles. The largest absolute Gasteiger partial charge is 0.451 e. The van der Waals surface area contributed by atoms with E-state index in [4.69, 9.17) is 4.42 Å². The topological polar surface area (TPSA) is 62.6 Å². The zero-order chi connectivity index (χ0) is 22.9. The number of hydrogen-bond donors (Lipinski definition) is 1. The zero-order valence-electron chi connectivity index (χ0n) is 17.3. The molecule has 1 saturated heterocycles. The van der Waals surface area contributed by atoms with Gasteiger partial charge in [0.1, 0.15) is 5.76 Å². The smallest absolute Gasteiger partial charge is 0.416 e. The van der Waals surface area contributed by atoms with Gasteiger partial charge in [-0.25, -0.2) is 0 Å². The van der Waals surface area contributed by atoms with E-state index < -0.39 is 17.6 Å². The highest BCUT2D eigenvalue weighted by Gasteiger charge is 2.32. The Hall–Kier alpha value is -3.55. The van der Waals surface area contributed by atoms with Gasteiger partial charge in [-0.15, -0.1) is 0 Å². The summed E-state index contributed by atoms with van der Waals surface area (Å²) in [6, 6.07) is 13.2. The number of nitrogens with zero attached hydrogens (tertiary/aromatic N) is 1. The molecular formula is C24H21F3N2O3. The van der Waals surface area contributed by atoms with Crippen LogP contribution in [-0.2, 0) is 6.18 Å². The maximum Gasteiger partial charge on any atom is 0.416 e. The fourth-order valence-corrected chi connectivity index (χ4v) is 3.71. The fourth-order valence-electron chi connectivity index (χ4n) is 3.71. The van der Waals surface area contributed by atoms with Crippen LogP contribution in [0.2, 0.25) is 0 Å². The van der Waals surface area contributed by atoms with Crippen LogP contribution in [0.5, 0.6) is 0 Å². The lowest BCUT2D eigenvalue weighted by molar-refractivity contribution is -0.137. The Bertz CT molecular complexity index is 1140. The fraction of sp³-hybridized carbons (Fsp3) is 0.250. The summed E-state index contributed by atoms with van der Waals surface area (Å²) in [7, 11) is 0. The molecular weight excluding hydrogens is 421 g/mol. The summed E-state index contributed by atoms with van der Waals surface area (Å²) in [6.07, 6.45) is -2.64. The predicted octanol–water partition coefficient (Wildman–Crippen LogP) is 6.02. The van der Waals surface area contributed by atoms with Crippen molar-refractivity contribution in [3.63, 3.8) is 0 Å². The lowest BCUT2D eigenvalue weighted by Crippen LogP contribution is -2.21. The first-order valence-corrected chi connectivity index (χ1v) is 10.2. The van der Waals surface area contributed by atoms with E-state index in [2.05, 4.69) is 5.32 Å². The van der Waals surface area contributed by atoms with Crippen LogP contribution in [-0.4, -0.2) is 24.8 Å². The van der Waals surface area contributed by atoms with Crippen LogP contribution in [0, 0.1) is 0 Å². The minimum Gasteiger partial charge on any atom is -0.451 e. The number of carbonyl (C=O) groups excluding carboxylic acids is 2. The van der Waals surface area contributed by atoms with Gasteiger partial charge in [0.2, 0.25) is 0 Å². The molecule has 8 heteroatoms. The van der Waals surface area contributed by atoms with Gasteiger partial charge >= 0.3 is 6.18 Å². The SMILES string of the molecule is CC(=O)c1ccc(-c2ccc(C(=O)Nc3cc(C(F)(F)F)ccc3N3CCCC3)o2)cc1. The van der Waals surface area contributed by atoms with Gasteiger partial charge in [-0.2, -0.15) is 13.2 Å². The number of alkyl halides is 3. The Labute approximate surface area is 182 Å². The summed E-state index contributed by atoms with van der Waals surface area (Å²) in [5, 5.41) is 2.59. The Balaban J connectivity index is 1.59. The molecule has 2 aromatic carbocycles. The molecule has 1 fully saturated rings. The third-order valence-electron chi connectivity index (χ3n) is 5.42. The molecule has 1 aliphatic heterocycles. The van der Waals surface area contributed by atoms with Crippen LogP contribution in [0.4, 0.5) is 24.5 Å². The second kappa shape index (κ2) is 8.53. The first-order chi connectivity index (χ1) is 15.2. The van der Waals surface area contributed by atoms with Crippen LogP contribution < -0.4 is 10.2 Å². The second-order valence-electron chi connectivity index (χ2n) is 7.68. The minimum atomic E-state index is -4.52. The number of benzene rings is 2. The van der Waals surface area contributed by atoms with Crippen LogP contribution >= 0.6 is 0 Å². The second-order valence-corrected chi connectivity index (χ2v) is 7.68. The predicted molar refractivity (Wildman–Crippen MR) is 115 cm³/mol. The summed E-state index contributed by atoms with van der Waals surface area (Å²) in [5.41, 5.74) is 1.04. The molecule has 1 amide bonds. The van der Waals surface area contributed by atoms with Crippen molar-refractivity contribution in [2.75, 3.05) is 23.3 Å². The monoisotopic (exact) mass is 442 g/mol. The summed E-state index contributed by atoms with van der Waals surface area (Å²) in [5.74, 6) is -0.322. The molecule has 4 rings (SSSR count). The van der Waals surface area contributed by atoms with Gasteiger partial charge in [0.15, 0.2) is 11.5 Å². The van der Waals surface area contributed by atoms with Gasteiger partial charge in [-0.05, 0) is 50.1 Å². The number of hydrogen-bond acceptors (Lipinski definition) is 4. The summed E-state index contributed by atoms with van der Waals surface area (Å²) >= 11 is 0. The molecule has 5 nitrogen and oxygen atoms in total. The van der Waals surface area contributed by atoms with Crippen molar-refractivity contribution in [2.24, 2.45) is 0 Å². The Morgan fingerprint density at radius 2 is 1.66 bits per heavy atom. The molecule has 0 bridgehead atoms. The van der Waals surface area contributed by atoms with Crippen molar-refractivity contribution in [3.05, 3.63) is 71.5 Å². The molecule has 32 heavy (non-hydrogen) atoms. The van der Waals surface area contributed by atoms with Crippen LogP contribution in [0.25, 0.3) is 11.3 Å². The van der Waals surface area contributed by atoms with Crippen LogP contribution in [0.15, 0.2) is 59.0 Å². The molecule has 166 valence electrons. The van der Waals surface area contributed by atoms with Crippen molar-refractivity contribution < 1.29 is 27.2 Å². The highest BCUT2D eigenvalue weighted by Crippen LogP contribution is 2.37. The maximum atomic E-state index is 13.2. The number of furan rings is 1. The van der Waals surface area contributed by atoms with E-state index in [-0.39, 0.29) is 17.2 Å². The first-order valence-electron chi connectivity index (χ1n) is 10.2. The third kappa shape index (κ3) is 4.54. The Morgan fingerprint density at radius 1 is 0.969 bits per heavy atom. The molecule has 0 unspecified atom stereocenters. The third-order valence-corrected chi connectivity index (χ3v) is 5.42. The summed E-state index contributed by atoms with van der Waals surface area (Å²) in [4.78, 5) is 26.2. The van der Waals surface area contributed by atoms with Gasteiger partial charge in [0.05, 0.1) is 16.9 Å². The molecule has 0 spiro atoms. The normalized spacial score (nSPS) is 13.9. The average Bonchev–Trinajstić information content (AvgIpc) is 3.45. The lowest BCUT2D eigenvalue weighted by Gasteiger charge is -2.22. The van der Waals surface area contributed by atoms with Crippen molar-refractivity contribution >= 4 is 23.1 Å². The number of nitrogens with one attached hydrogen (secondary N) is 1. The minimum absolute atomic E-state index is 0.0274. The van der Waals surface area contributed by atoms with Gasteiger partial charge in [0.25, 0.3) is 5.91 Å². The Morgan fingerprint density at radius 3 is 2.28 bits per heavy atom. The highest BCUT2D eigenvalue weighted by molar-refractivity contribution is 6.04. The molecule has 1 aliphatic rings. The summed E-state index contributed by atoms with van der Waals surface area (Å²) in [6.45, 7) is 2.90. The number of halogens is 3. The standard InChI is InChI=1S/C24H21F3N2O3/c1-15(30)16-4-6-17(7-5-16)21-10-11-22(32-21)23(31)28-19-14-18(24(25,26)27)8-9-20(19)29-12-2-3-13-29/h4-11,14H,2-3,12-13H2,1H3,(H,28,31). The molecule has 0 aliphatic carbocycles. The van der Waals surface area contributed by atoms with E-state index >= 15 is 0 Å². The van der Waals surface area contributed by atoms with E-state index in [0.717, 1.165) is 38.1 Å². The zero-order valence-corrected chi connectivity index (χ0v) is 17.3. The van der Waals surface area contributed by atoms with E-state index in [1.807, 2.05) is 4.90 Å². The maximum absolute atomic E-state index is 13.2. The highest BCUT2D eigenvalue weighted by atomic mass is 19.4. The average molecular weight is 442 g/mol. The van der Waals surface area contributed by atoms with Crippen LogP contribution in [0.3, 0.4) is 0 Å².